The lowest BCUT2D eigenvalue weighted by atomic mass is 9.87. The number of nitrogens with one attached hydrogen (secondary N) is 1. The first-order valence-corrected chi connectivity index (χ1v) is 8.74. The van der Waals surface area contributed by atoms with Gasteiger partial charge in [0.1, 0.15) is 0 Å². The van der Waals surface area contributed by atoms with Gasteiger partial charge in [0.2, 0.25) is 0 Å². The van der Waals surface area contributed by atoms with Gasteiger partial charge < -0.3 is 5.32 Å². The van der Waals surface area contributed by atoms with Gasteiger partial charge in [-0.1, -0.05) is 13.3 Å². The van der Waals surface area contributed by atoms with Gasteiger partial charge in [0.05, 0.1) is 22.0 Å². The first kappa shape index (κ1) is 15.3. The summed E-state index contributed by atoms with van der Waals surface area (Å²) in [6.07, 6.45) is 4.73. The summed E-state index contributed by atoms with van der Waals surface area (Å²) in [5.41, 5.74) is 4.07. The highest BCUT2D eigenvalue weighted by molar-refractivity contribution is 7.14. The van der Waals surface area contributed by atoms with E-state index in [9.17, 15) is 4.79 Å². The number of anilines is 1. The summed E-state index contributed by atoms with van der Waals surface area (Å²) in [7, 11) is 1.90. The van der Waals surface area contributed by atoms with Crippen LogP contribution in [0.2, 0.25) is 0 Å². The van der Waals surface area contributed by atoms with Gasteiger partial charge >= 0.3 is 0 Å². The van der Waals surface area contributed by atoms with Crippen LogP contribution >= 0.6 is 11.3 Å². The van der Waals surface area contributed by atoms with Gasteiger partial charge in [-0.2, -0.15) is 5.10 Å². The lowest BCUT2D eigenvalue weighted by molar-refractivity contribution is 0.103. The van der Waals surface area contributed by atoms with E-state index < -0.39 is 0 Å². The smallest absolute Gasteiger partial charge is 0.265 e. The largest absolute Gasteiger partial charge is 0.318 e. The van der Waals surface area contributed by atoms with Gasteiger partial charge in [-0.05, 0) is 50.7 Å². The summed E-state index contributed by atoms with van der Waals surface area (Å²) in [6.45, 7) is 6.15. The number of hydrogen-bond acceptors (Lipinski definition) is 3. The molecule has 5 heteroatoms. The maximum atomic E-state index is 12.6. The Morgan fingerprint density at radius 3 is 2.91 bits per heavy atom. The second-order valence-corrected chi connectivity index (χ2v) is 7.34. The normalized spacial score (nSPS) is 17.4. The predicted molar refractivity (Wildman–Crippen MR) is 90.8 cm³/mol. The lowest BCUT2D eigenvalue weighted by Crippen LogP contribution is -2.12. The van der Waals surface area contributed by atoms with Gasteiger partial charge in [-0.3, -0.25) is 9.48 Å². The molecule has 0 aliphatic heterocycles. The number of carbonyl (C=O) groups is 1. The molecule has 3 rings (SSSR count). The maximum Gasteiger partial charge on any atom is 0.265 e. The third-order valence-electron chi connectivity index (χ3n) is 4.73. The second-order valence-electron chi connectivity index (χ2n) is 6.20. The number of aryl methyl sites for hydroxylation is 3. The molecule has 2 aromatic rings. The zero-order valence-electron chi connectivity index (χ0n) is 13.7. The van der Waals surface area contributed by atoms with Crippen molar-refractivity contribution >= 4 is 22.9 Å². The molecular weight excluding hydrogens is 294 g/mol. The first-order chi connectivity index (χ1) is 10.5. The molecule has 0 spiro atoms. The highest BCUT2D eigenvalue weighted by atomic mass is 32.1. The molecule has 2 aromatic heterocycles. The van der Waals surface area contributed by atoms with E-state index in [-0.39, 0.29) is 5.91 Å². The van der Waals surface area contributed by atoms with Crippen molar-refractivity contribution in [1.29, 1.82) is 0 Å². The first-order valence-electron chi connectivity index (χ1n) is 7.92. The van der Waals surface area contributed by atoms with E-state index in [1.54, 1.807) is 16.0 Å². The van der Waals surface area contributed by atoms with Crippen molar-refractivity contribution in [2.45, 2.75) is 46.5 Å². The minimum Gasteiger partial charge on any atom is -0.318 e. The summed E-state index contributed by atoms with van der Waals surface area (Å²) in [5.74, 6) is 0.771. The molecule has 1 unspecified atom stereocenters. The molecule has 0 saturated heterocycles. The lowest BCUT2D eigenvalue weighted by Gasteiger charge is -2.19. The average molecular weight is 317 g/mol. The molecule has 0 bridgehead atoms. The van der Waals surface area contributed by atoms with Crippen LogP contribution < -0.4 is 5.32 Å². The van der Waals surface area contributed by atoms with E-state index >= 15 is 0 Å². The van der Waals surface area contributed by atoms with Crippen LogP contribution in [0.5, 0.6) is 0 Å². The Balaban J connectivity index is 1.80. The molecule has 0 radical (unpaired) electrons. The summed E-state index contributed by atoms with van der Waals surface area (Å²) >= 11 is 1.65. The fraction of sp³-hybridized carbons (Fsp3) is 0.529. The number of thiophene rings is 1. The Hall–Kier alpha value is -1.62. The molecule has 2 heterocycles. The molecular formula is C17H23N3OS. The van der Waals surface area contributed by atoms with Crippen molar-refractivity contribution in [3.05, 3.63) is 32.8 Å². The van der Waals surface area contributed by atoms with Crippen molar-refractivity contribution in [3.63, 3.8) is 0 Å². The van der Waals surface area contributed by atoms with Crippen LogP contribution in [0.1, 0.15) is 51.3 Å². The number of nitrogens with zero attached hydrogens (tertiary/aromatic N) is 2. The van der Waals surface area contributed by atoms with E-state index in [4.69, 9.17) is 0 Å². The average Bonchev–Trinajstić information content (AvgIpc) is 3.03. The Bertz CT molecular complexity index is 714. The van der Waals surface area contributed by atoms with Crippen molar-refractivity contribution in [2.75, 3.05) is 5.32 Å². The number of rotatable bonds is 3. The van der Waals surface area contributed by atoms with Crippen LogP contribution in [0.4, 0.5) is 5.69 Å². The molecule has 0 saturated carbocycles. The van der Waals surface area contributed by atoms with Gasteiger partial charge in [-0.25, -0.2) is 0 Å². The number of aromatic nitrogens is 2. The van der Waals surface area contributed by atoms with Gasteiger partial charge in [-0.15, -0.1) is 11.3 Å². The SMILES string of the molecule is CCC1CCc2sc(C(=O)Nc3c(C)nn(C)c3C)cc2C1. The number of hydrogen-bond donors (Lipinski definition) is 1. The Kier molecular flexibility index (Phi) is 4.08. The Morgan fingerprint density at radius 1 is 1.50 bits per heavy atom. The molecule has 1 atom stereocenters. The van der Waals surface area contributed by atoms with Crippen LogP contribution in [0.25, 0.3) is 0 Å². The number of fused-ring (bicyclic) bond motifs is 1. The van der Waals surface area contributed by atoms with Crippen molar-refractivity contribution in [1.82, 2.24) is 9.78 Å². The molecule has 1 amide bonds. The van der Waals surface area contributed by atoms with Crippen LogP contribution in [-0.4, -0.2) is 15.7 Å². The fourth-order valence-electron chi connectivity index (χ4n) is 3.19. The summed E-state index contributed by atoms with van der Waals surface area (Å²) < 4.78 is 1.80. The molecule has 1 aliphatic rings. The molecule has 1 N–H and O–H groups in total. The van der Waals surface area contributed by atoms with Crippen LogP contribution in [0.15, 0.2) is 6.07 Å². The third kappa shape index (κ3) is 2.70. The van der Waals surface area contributed by atoms with E-state index in [0.717, 1.165) is 40.7 Å². The van der Waals surface area contributed by atoms with Gasteiger partial charge in [0, 0.05) is 11.9 Å². The molecule has 22 heavy (non-hydrogen) atoms. The minimum absolute atomic E-state index is 0.00773. The maximum absolute atomic E-state index is 12.6. The van der Waals surface area contributed by atoms with Crippen molar-refractivity contribution < 1.29 is 4.79 Å². The molecule has 4 nitrogen and oxygen atoms in total. The molecule has 118 valence electrons. The minimum atomic E-state index is -0.00773. The van der Waals surface area contributed by atoms with E-state index in [1.165, 1.54) is 23.3 Å². The van der Waals surface area contributed by atoms with Crippen molar-refractivity contribution in [3.8, 4) is 0 Å². The zero-order chi connectivity index (χ0) is 15.9. The summed E-state index contributed by atoms with van der Waals surface area (Å²) in [4.78, 5) is 14.8. The van der Waals surface area contributed by atoms with Gasteiger partial charge in [0.25, 0.3) is 5.91 Å². The van der Waals surface area contributed by atoms with E-state index in [1.807, 2.05) is 20.9 Å². The summed E-state index contributed by atoms with van der Waals surface area (Å²) in [6, 6.07) is 2.10. The Morgan fingerprint density at radius 2 is 2.27 bits per heavy atom. The Labute approximate surface area is 135 Å². The van der Waals surface area contributed by atoms with E-state index in [2.05, 4.69) is 23.4 Å². The monoisotopic (exact) mass is 317 g/mol. The molecule has 0 fully saturated rings. The van der Waals surface area contributed by atoms with Crippen LogP contribution in [0.3, 0.4) is 0 Å². The molecule has 1 aliphatic carbocycles. The number of amides is 1. The molecule has 0 aromatic carbocycles. The summed E-state index contributed by atoms with van der Waals surface area (Å²) in [5, 5.41) is 7.39. The van der Waals surface area contributed by atoms with E-state index in [0.29, 0.717) is 0 Å². The highest BCUT2D eigenvalue weighted by Gasteiger charge is 2.23. The second kappa shape index (κ2) is 5.88. The standard InChI is InChI=1S/C17H23N3OS/c1-5-12-6-7-14-13(8-12)9-15(22-14)17(21)18-16-10(2)19-20(4)11(16)3/h9,12H,5-8H2,1-4H3,(H,18,21). The zero-order valence-corrected chi connectivity index (χ0v) is 14.5. The quantitative estimate of drug-likeness (QED) is 0.934. The highest BCUT2D eigenvalue weighted by Crippen LogP contribution is 2.34. The third-order valence-corrected chi connectivity index (χ3v) is 5.97. The van der Waals surface area contributed by atoms with Gasteiger partial charge in [0.15, 0.2) is 0 Å². The van der Waals surface area contributed by atoms with Crippen LogP contribution in [-0.2, 0) is 19.9 Å². The fourth-order valence-corrected chi connectivity index (χ4v) is 4.29. The predicted octanol–water partition coefficient (Wildman–Crippen LogP) is 3.87. The van der Waals surface area contributed by atoms with Crippen LogP contribution in [0, 0.1) is 19.8 Å². The number of carbonyl (C=O) groups excluding carboxylic acids is 1. The topological polar surface area (TPSA) is 46.9 Å². The van der Waals surface area contributed by atoms with Crippen molar-refractivity contribution in [2.24, 2.45) is 13.0 Å².